The van der Waals surface area contributed by atoms with Crippen LogP contribution in [0.4, 0.5) is 10.1 Å². The van der Waals surface area contributed by atoms with Gasteiger partial charge in [-0.1, -0.05) is 0 Å². The zero-order valence-electron chi connectivity index (χ0n) is 13.0. The largest absolute Gasteiger partial charge is 0.371 e. The lowest BCUT2D eigenvalue weighted by Gasteiger charge is -2.37. The molecule has 20 heavy (non-hydrogen) atoms. The summed E-state index contributed by atoms with van der Waals surface area (Å²) in [5.41, 5.74) is 8.68. The first-order valence-electron chi connectivity index (χ1n) is 7.37. The standard InChI is InChI=1S/C16H26FN3/c1-11-9-16(14(12(2)18)10-15(11)17)20(4)13-5-7-19(3)8-6-13/h9-10,12-13H,5-8,18H2,1-4H3/t12-/m1/s1. The van der Waals surface area contributed by atoms with Crippen LogP contribution in [0.2, 0.25) is 0 Å². The van der Waals surface area contributed by atoms with E-state index in [1.54, 1.807) is 6.07 Å². The minimum Gasteiger partial charge on any atom is -0.371 e. The highest BCUT2D eigenvalue weighted by molar-refractivity contribution is 5.57. The lowest BCUT2D eigenvalue weighted by atomic mass is 9.98. The summed E-state index contributed by atoms with van der Waals surface area (Å²) in [5, 5.41) is 0. The number of halogens is 1. The number of likely N-dealkylation sites (tertiary alicyclic amines) is 1. The minimum absolute atomic E-state index is 0.159. The molecule has 0 spiro atoms. The Balaban J connectivity index is 2.28. The molecule has 2 N–H and O–H groups in total. The zero-order valence-corrected chi connectivity index (χ0v) is 13.0. The normalized spacial score (nSPS) is 19.1. The van der Waals surface area contributed by atoms with Gasteiger partial charge in [-0.2, -0.15) is 0 Å². The number of piperidine rings is 1. The Morgan fingerprint density at radius 3 is 2.50 bits per heavy atom. The molecule has 112 valence electrons. The van der Waals surface area contributed by atoms with E-state index in [2.05, 4.69) is 23.9 Å². The van der Waals surface area contributed by atoms with Crippen LogP contribution in [0.5, 0.6) is 0 Å². The Bertz CT molecular complexity index is 465. The van der Waals surface area contributed by atoms with Crippen molar-refractivity contribution in [2.24, 2.45) is 5.73 Å². The fourth-order valence-corrected chi connectivity index (χ4v) is 2.93. The van der Waals surface area contributed by atoms with Crippen LogP contribution in [0.1, 0.15) is 36.9 Å². The number of aryl methyl sites for hydroxylation is 1. The summed E-state index contributed by atoms with van der Waals surface area (Å²) in [4.78, 5) is 4.64. The summed E-state index contributed by atoms with van der Waals surface area (Å²) < 4.78 is 13.8. The molecule has 1 aliphatic rings. The molecule has 1 aliphatic heterocycles. The molecule has 1 heterocycles. The van der Waals surface area contributed by atoms with Gasteiger partial charge in [-0.05, 0) is 70.1 Å². The lowest BCUT2D eigenvalue weighted by molar-refractivity contribution is 0.252. The number of rotatable bonds is 3. The van der Waals surface area contributed by atoms with Crippen molar-refractivity contribution in [3.63, 3.8) is 0 Å². The van der Waals surface area contributed by atoms with E-state index in [9.17, 15) is 4.39 Å². The van der Waals surface area contributed by atoms with Gasteiger partial charge in [-0.3, -0.25) is 0 Å². The molecular weight excluding hydrogens is 253 g/mol. The van der Waals surface area contributed by atoms with E-state index < -0.39 is 0 Å². The first-order valence-corrected chi connectivity index (χ1v) is 7.37. The van der Waals surface area contributed by atoms with Crippen molar-refractivity contribution in [2.75, 3.05) is 32.1 Å². The Morgan fingerprint density at radius 2 is 1.95 bits per heavy atom. The summed E-state index contributed by atoms with van der Waals surface area (Å²) in [6, 6.07) is 3.88. The van der Waals surface area contributed by atoms with Crippen LogP contribution < -0.4 is 10.6 Å². The summed E-state index contributed by atoms with van der Waals surface area (Å²) in [7, 11) is 4.26. The quantitative estimate of drug-likeness (QED) is 0.923. The van der Waals surface area contributed by atoms with Gasteiger partial charge in [0.15, 0.2) is 0 Å². The topological polar surface area (TPSA) is 32.5 Å². The number of anilines is 1. The molecule has 3 nitrogen and oxygen atoms in total. The second kappa shape index (κ2) is 6.10. The van der Waals surface area contributed by atoms with Gasteiger partial charge >= 0.3 is 0 Å². The highest BCUT2D eigenvalue weighted by atomic mass is 19.1. The van der Waals surface area contributed by atoms with Crippen LogP contribution in [-0.4, -0.2) is 38.1 Å². The van der Waals surface area contributed by atoms with E-state index in [1.165, 1.54) is 0 Å². The average molecular weight is 279 g/mol. The molecule has 0 amide bonds. The predicted molar refractivity (Wildman–Crippen MR) is 82.7 cm³/mol. The lowest BCUT2D eigenvalue weighted by Crippen LogP contribution is -2.42. The Labute approximate surface area is 121 Å². The molecule has 0 bridgehead atoms. The third-order valence-electron chi connectivity index (χ3n) is 4.41. The molecule has 1 aromatic carbocycles. The van der Waals surface area contributed by atoms with Gasteiger partial charge in [-0.25, -0.2) is 4.39 Å². The van der Waals surface area contributed by atoms with E-state index in [-0.39, 0.29) is 11.9 Å². The summed E-state index contributed by atoms with van der Waals surface area (Å²) in [6.07, 6.45) is 2.28. The molecule has 0 radical (unpaired) electrons. The van der Waals surface area contributed by atoms with Crippen molar-refractivity contribution in [2.45, 2.75) is 38.8 Å². The minimum atomic E-state index is -0.169. The van der Waals surface area contributed by atoms with E-state index in [1.807, 2.05) is 19.9 Å². The second-order valence-electron chi connectivity index (χ2n) is 6.09. The molecular formula is C16H26FN3. The number of hydrogen-bond acceptors (Lipinski definition) is 3. The van der Waals surface area contributed by atoms with E-state index in [4.69, 9.17) is 5.73 Å². The van der Waals surface area contributed by atoms with Crippen molar-refractivity contribution in [1.29, 1.82) is 0 Å². The van der Waals surface area contributed by atoms with Crippen LogP contribution in [-0.2, 0) is 0 Å². The van der Waals surface area contributed by atoms with E-state index in [0.717, 1.165) is 37.2 Å². The maximum atomic E-state index is 13.8. The molecule has 1 aromatic rings. The first kappa shape index (κ1) is 15.3. The summed E-state index contributed by atoms with van der Waals surface area (Å²) >= 11 is 0. The third kappa shape index (κ3) is 3.13. The highest BCUT2D eigenvalue weighted by Gasteiger charge is 2.23. The molecule has 1 saturated heterocycles. The fraction of sp³-hybridized carbons (Fsp3) is 0.625. The van der Waals surface area contributed by atoms with Crippen molar-refractivity contribution < 1.29 is 4.39 Å². The molecule has 0 saturated carbocycles. The Morgan fingerprint density at radius 1 is 1.35 bits per heavy atom. The average Bonchev–Trinajstić information content (AvgIpc) is 2.41. The molecule has 0 unspecified atom stereocenters. The number of nitrogens with zero attached hydrogens (tertiary/aromatic N) is 2. The van der Waals surface area contributed by atoms with Crippen molar-refractivity contribution in [3.8, 4) is 0 Å². The monoisotopic (exact) mass is 279 g/mol. The van der Waals surface area contributed by atoms with E-state index in [0.29, 0.717) is 11.6 Å². The third-order valence-corrected chi connectivity index (χ3v) is 4.41. The number of hydrogen-bond donors (Lipinski definition) is 1. The van der Waals surface area contributed by atoms with Crippen molar-refractivity contribution in [1.82, 2.24) is 4.90 Å². The molecule has 2 rings (SSSR count). The van der Waals surface area contributed by atoms with E-state index >= 15 is 0 Å². The van der Waals surface area contributed by atoms with Gasteiger partial charge in [0.25, 0.3) is 0 Å². The van der Waals surface area contributed by atoms with Crippen molar-refractivity contribution >= 4 is 5.69 Å². The maximum Gasteiger partial charge on any atom is 0.126 e. The van der Waals surface area contributed by atoms with Gasteiger partial charge in [-0.15, -0.1) is 0 Å². The SMILES string of the molecule is Cc1cc(N(C)C2CCN(C)CC2)c([C@@H](C)N)cc1F. The summed E-state index contributed by atoms with van der Waals surface area (Å²) in [5.74, 6) is -0.169. The fourth-order valence-electron chi connectivity index (χ4n) is 2.93. The van der Waals surface area contributed by atoms with Crippen LogP contribution in [0.3, 0.4) is 0 Å². The van der Waals surface area contributed by atoms with Gasteiger partial charge in [0.2, 0.25) is 0 Å². The molecule has 0 aromatic heterocycles. The highest BCUT2D eigenvalue weighted by Crippen LogP contribution is 2.30. The van der Waals surface area contributed by atoms with Gasteiger partial charge in [0.05, 0.1) is 0 Å². The number of benzene rings is 1. The molecule has 0 aliphatic carbocycles. The van der Waals surface area contributed by atoms with Crippen molar-refractivity contribution in [3.05, 3.63) is 29.1 Å². The Kier molecular flexibility index (Phi) is 4.66. The zero-order chi connectivity index (χ0) is 14.9. The summed E-state index contributed by atoms with van der Waals surface area (Å²) in [6.45, 7) is 5.95. The van der Waals surface area contributed by atoms with Crippen LogP contribution in [0, 0.1) is 12.7 Å². The maximum absolute atomic E-state index is 13.8. The van der Waals surface area contributed by atoms with Gasteiger partial charge in [0, 0.05) is 24.8 Å². The number of nitrogens with two attached hydrogens (primary N) is 1. The van der Waals surface area contributed by atoms with Crippen LogP contribution in [0.25, 0.3) is 0 Å². The van der Waals surface area contributed by atoms with Crippen LogP contribution >= 0.6 is 0 Å². The Hall–Kier alpha value is -1.13. The smallest absolute Gasteiger partial charge is 0.126 e. The molecule has 4 heteroatoms. The van der Waals surface area contributed by atoms with Gasteiger partial charge < -0.3 is 15.5 Å². The van der Waals surface area contributed by atoms with Crippen LogP contribution in [0.15, 0.2) is 12.1 Å². The first-order chi connectivity index (χ1) is 9.40. The molecule has 1 atom stereocenters. The predicted octanol–water partition coefficient (Wildman–Crippen LogP) is 2.68. The molecule has 1 fully saturated rings. The van der Waals surface area contributed by atoms with Gasteiger partial charge in [0.1, 0.15) is 5.82 Å². The second-order valence-corrected chi connectivity index (χ2v) is 6.09.